The second kappa shape index (κ2) is 6.95. The first kappa shape index (κ1) is 14.4. The van der Waals surface area contributed by atoms with Crippen molar-refractivity contribution in [3.8, 4) is 0 Å². The number of anilines is 1. The zero-order valence-electron chi connectivity index (χ0n) is 10.6. The molecular weight excluding hydrogens is 252 g/mol. The molecule has 1 aromatic rings. The van der Waals surface area contributed by atoms with Crippen molar-refractivity contribution in [3.63, 3.8) is 0 Å². The Bertz CT molecular complexity index is 419. The highest BCUT2D eigenvalue weighted by Gasteiger charge is 2.16. The van der Waals surface area contributed by atoms with Gasteiger partial charge in [-0.15, -0.1) is 11.3 Å². The third-order valence-electron chi connectivity index (χ3n) is 2.34. The number of amides is 2. The Labute approximate surface area is 110 Å². The summed E-state index contributed by atoms with van der Waals surface area (Å²) in [6.07, 6.45) is 0.181. The van der Waals surface area contributed by atoms with Crippen LogP contribution < -0.4 is 11.1 Å². The number of hydrogen-bond donors (Lipinski definition) is 2. The number of carbonyl (C=O) groups excluding carboxylic acids is 2. The van der Waals surface area contributed by atoms with E-state index in [2.05, 4.69) is 10.3 Å². The molecule has 0 fully saturated rings. The summed E-state index contributed by atoms with van der Waals surface area (Å²) in [5.41, 5.74) is 6.15. The quantitative estimate of drug-likeness (QED) is 0.775. The normalized spacial score (nSPS) is 10.1. The summed E-state index contributed by atoms with van der Waals surface area (Å²) in [6, 6.07) is 0. The number of aromatic nitrogens is 1. The highest BCUT2D eigenvalue weighted by molar-refractivity contribution is 7.13. The van der Waals surface area contributed by atoms with Gasteiger partial charge in [0.25, 0.3) is 0 Å². The Balaban J connectivity index is 2.54. The Morgan fingerprint density at radius 1 is 1.50 bits per heavy atom. The van der Waals surface area contributed by atoms with Crippen molar-refractivity contribution in [1.82, 2.24) is 15.2 Å². The molecule has 0 aliphatic heterocycles. The van der Waals surface area contributed by atoms with Gasteiger partial charge in [0, 0.05) is 18.5 Å². The van der Waals surface area contributed by atoms with E-state index >= 15 is 0 Å². The predicted molar refractivity (Wildman–Crippen MR) is 71.2 cm³/mol. The molecule has 0 radical (unpaired) electrons. The van der Waals surface area contributed by atoms with E-state index in [1.54, 1.807) is 5.38 Å². The lowest BCUT2D eigenvalue weighted by Crippen LogP contribution is -2.41. The zero-order valence-corrected chi connectivity index (χ0v) is 11.4. The molecule has 2 amide bonds. The van der Waals surface area contributed by atoms with Crippen LogP contribution in [-0.4, -0.2) is 41.3 Å². The van der Waals surface area contributed by atoms with E-state index in [-0.39, 0.29) is 24.8 Å². The van der Waals surface area contributed by atoms with E-state index in [1.165, 1.54) is 16.2 Å². The second-order valence-electron chi connectivity index (χ2n) is 3.72. The molecule has 1 rings (SSSR count). The van der Waals surface area contributed by atoms with Crippen molar-refractivity contribution in [2.75, 3.05) is 25.4 Å². The van der Waals surface area contributed by atoms with Gasteiger partial charge in [-0.25, -0.2) is 4.98 Å². The van der Waals surface area contributed by atoms with Gasteiger partial charge in [-0.2, -0.15) is 0 Å². The number of carbonyl (C=O) groups is 2. The van der Waals surface area contributed by atoms with Gasteiger partial charge in [-0.3, -0.25) is 9.59 Å². The molecule has 1 aromatic heterocycles. The van der Waals surface area contributed by atoms with Gasteiger partial charge in [0.05, 0.1) is 18.7 Å². The Kier molecular flexibility index (Phi) is 5.57. The molecule has 0 unspecified atom stereocenters. The van der Waals surface area contributed by atoms with Gasteiger partial charge in [-0.1, -0.05) is 0 Å². The molecule has 0 spiro atoms. The summed E-state index contributed by atoms with van der Waals surface area (Å²) < 4.78 is 0. The van der Waals surface area contributed by atoms with E-state index in [0.29, 0.717) is 23.9 Å². The molecule has 0 saturated carbocycles. The topological polar surface area (TPSA) is 88.3 Å². The average molecular weight is 270 g/mol. The van der Waals surface area contributed by atoms with E-state index in [0.717, 1.165) is 0 Å². The number of hydrogen-bond acceptors (Lipinski definition) is 5. The molecule has 3 N–H and O–H groups in total. The minimum Gasteiger partial charge on any atom is -0.375 e. The van der Waals surface area contributed by atoms with Crippen LogP contribution >= 0.6 is 11.3 Å². The summed E-state index contributed by atoms with van der Waals surface area (Å²) in [5, 5.41) is 4.87. The molecule has 7 heteroatoms. The maximum absolute atomic E-state index is 12.0. The largest absolute Gasteiger partial charge is 0.375 e. The molecular formula is C11H18N4O2S. The lowest BCUT2D eigenvalue weighted by molar-refractivity contribution is -0.135. The van der Waals surface area contributed by atoms with Crippen LogP contribution in [0.1, 0.15) is 19.5 Å². The molecule has 0 atom stereocenters. The van der Waals surface area contributed by atoms with E-state index in [9.17, 15) is 9.59 Å². The fraction of sp³-hybridized carbons (Fsp3) is 0.545. The average Bonchev–Trinajstić information content (AvgIpc) is 2.72. The predicted octanol–water partition coefficient (Wildman–Crippen LogP) is 0.252. The summed E-state index contributed by atoms with van der Waals surface area (Å²) in [6.45, 7) is 4.83. The van der Waals surface area contributed by atoms with Gasteiger partial charge >= 0.3 is 0 Å². The molecule has 0 bridgehead atoms. The smallest absolute Gasteiger partial charge is 0.239 e. The molecule has 0 saturated heterocycles. The Morgan fingerprint density at radius 3 is 2.72 bits per heavy atom. The maximum atomic E-state index is 12.0. The lowest BCUT2D eigenvalue weighted by atomic mass is 10.3. The zero-order chi connectivity index (χ0) is 13.5. The first-order valence-electron chi connectivity index (χ1n) is 5.81. The van der Waals surface area contributed by atoms with Gasteiger partial charge in [-0.05, 0) is 13.8 Å². The lowest BCUT2D eigenvalue weighted by Gasteiger charge is -2.19. The summed E-state index contributed by atoms with van der Waals surface area (Å²) in [5.74, 6) is -0.264. The van der Waals surface area contributed by atoms with Gasteiger partial charge in [0.15, 0.2) is 5.13 Å². The number of nitrogens with one attached hydrogen (secondary N) is 1. The van der Waals surface area contributed by atoms with E-state index in [4.69, 9.17) is 5.73 Å². The number of nitrogens with zero attached hydrogens (tertiary/aromatic N) is 2. The maximum Gasteiger partial charge on any atom is 0.239 e. The molecule has 100 valence electrons. The minimum atomic E-state index is -0.148. The van der Waals surface area contributed by atoms with Crippen LogP contribution in [0.5, 0.6) is 0 Å². The van der Waals surface area contributed by atoms with Crippen molar-refractivity contribution >= 4 is 28.3 Å². The first-order chi connectivity index (χ1) is 8.56. The number of nitrogens with two attached hydrogens (primary N) is 1. The van der Waals surface area contributed by atoms with Crippen LogP contribution in [0.4, 0.5) is 5.13 Å². The van der Waals surface area contributed by atoms with Crippen LogP contribution in [0.15, 0.2) is 5.38 Å². The highest BCUT2D eigenvalue weighted by Crippen LogP contribution is 2.12. The molecule has 0 aliphatic carbocycles. The van der Waals surface area contributed by atoms with Crippen LogP contribution in [0.2, 0.25) is 0 Å². The SMILES string of the molecule is CCNC(=O)CN(CC)C(=O)Cc1csc(N)n1. The Hall–Kier alpha value is -1.63. The van der Waals surface area contributed by atoms with Crippen molar-refractivity contribution in [1.29, 1.82) is 0 Å². The van der Waals surface area contributed by atoms with Crippen LogP contribution in [0.25, 0.3) is 0 Å². The summed E-state index contributed by atoms with van der Waals surface area (Å²) in [7, 11) is 0. The van der Waals surface area contributed by atoms with Crippen molar-refractivity contribution in [2.24, 2.45) is 0 Å². The molecule has 6 nitrogen and oxygen atoms in total. The first-order valence-corrected chi connectivity index (χ1v) is 6.69. The number of nitrogen functional groups attached to an aromatic ring is 1. The summed E-state index contributed by atoms with van der Waals surface area (Å²) >= 11 is 1.30. The van der Waals surface area contributed by atoms with Crippen molar-refractivity contribution in [3.05, 3.63) is 11.1 Å². The highest BCUT2D eigenvalue weighted by atomic mass is 32.1. The molecule has 18 heavy (non-hydrogen) atoms. The summed E-state index contributed by atoms with van der Waals surface area (Å²) in [4.78, 5) is 28.9. The van der Waals surface area contributed by atoms with E-state index < -0.39 is 0 Å². The van der Waals surface area contributed by atoms with Gasteiger partial charge in [0.2, 0.25) is 11.8 Å². The molecule has 1 heterocycles. The van der Waals surface area contributed by atoms with Crippen LogP contribution in [0.3, 0.4) is 0 Å². The Morgan fingerprint density at radius 2 is 2.22 bits per heavy atom. The molecule has 0 aromatic carbocycles. The van der Waals surface area contributed by atoms with Crippen molar-refractivity contribution < 1.29 is 9.59 Å². The van der Waals surface area contributed by atoms with Gasteiger partial charge in [0.1, 0.15) is 0 Å². The van der Waals surface area contributed by atoms with Crippen LogP contribution in [0, 0.1) is 0 Å². The van der Waals surface area contributed by atoms with Crippen molar-refractivity contribution in [2.45, 2.75) is 20.3 Å². The fourth-order valence-corrected chi connectivity index (χ4v) is 2.04. The number of thiazole rings is 1. The van der Waals surface area contributed by atoms with Gasteiger partial charge < -0.3 is 16.0 Å². The molecule has 0 aliphatic rings. The third-order valence-corrected chi connectivity index (χ3v) is 3.07. The fourth-order valence-electron chi connectivity index (χ4n) is 1.47. The standard InChI is InChI=1S/C11H18N4O2S/c1-3-13-9(16)6-15(4-2)10(17)5-8-7-18-11(12)14-8/h7H,3-6H2,1-2H3,(H2,12,14)(H,13,16). The second-order valence-corrected chi connectivity index (χ2v) is 4.60. The van der Waals surface area contributed by atoms with E-state index in [1.807, 2.05) is 13.8 Å². The minimum absolute atomic E-state index is 0.0861. The van der Waals surface area contributed by atoms with Crippen LogP contribution in [-0.2, 0) is 16.0 Å². The third kappa shape index (κ3) is 4.33. The monoisotopic (exact) mass is 270 g/mol. The number of rotatable bonds is 6. The number of likely N-dealkylation sites (N-methyl/N-ethyl adjacent to an activating group) is 2.